The van der Waals surface area contributed by atoms with Crippen molar-refractivity contribution in [2.24, 2.45) is 0 Å². The van der Waals surface area contributed by atoms with Gasteiger partial charge < -0.3 is 5.32 Å². The molecule has 0 amide bonds. The molecule has 0 fully saturated rings. The van der Waals surface area contributed by atoms with E-state index in [9.17, 15) is 0 Å². The van der Waals surface area contributed by atoms with Gasteiger partial charge in [-0.3, -0.25) is 4.98 Å². The lowest BCUT2D eigenvalue weighted by Gasteiger charge is -2.13. The molecule has 1 N–H and O–H groups in total. The number of thiazole rings is 1. The summed E-state index contributed by atoms with van der Waals surface area (Å²) in [5.74, 6) is 0.838. The second kappa shape index (κ2) is 4.79. The molecule has 0 aliphatic carbocycles. The molecule has 0 saturated heterocycles. The van der Waals surface area contributed by atoms with Crippen LogP contribution in [0, 0.1) is 20.8 Å². The summed E-state index contributed by atoms with van der Waals surface area (Å²) in [6.45, 7) is 8.04. The van der Waals surface area contributed by atoms with E-state index in [1.807, 2.05) is 20.0 Å². The van der Waals surface area contributed by atoms with Gasteiger partial charge >= 0.3 is 0 Å². The Bertz CT molecular complexity index is 521. The summed E-state index contributed by atoms with van der Waals surface area (Å²) in [5.41, 5.74) is 1.83. The van der Waals surface area contributed by atoms with E-state index in [4.69, 9.17) is 0 Å². The van der Waals surface area contributed by atoms with Crippen molar-refractivity contribution in [2.45, 2.75) is 33.7 Å². The van der Waals surface area contributed by atoms with Gasteiger partial charge in [-0.2, -0.15) is 0 Å². The third-order valence-corrected chi connectivity index (χ3v) is 3.53. The molecular weight excluding hydrogens is 232 g/mol. The first kappa shape index (κ1) is 12.0. The van der Waals surface area contributed by atoms with Crippen LogP contribution < -0.4 is 5.32 Å². The molecule has 0 radical (unpaired) electrons. The Balaban J connectivity index is 2.18. The Hall–Kier alpha value is -1.49. The van der Waals surface area contributed by atoms with Crippen molar-refractivity contribution in [3.8, 4) is 0 Å². The lowest BCUT2D eigenvalue weighted by atomic mass is 10.3. The topological polar surface area (TPSA) is 50.7 Å². The van der Waals surface area contributed by atoms with Crippen molar-refractivity contribution in [1.82, 2.24) is 15.0 Å². The molecule has 4 nitrogen and oxygen atoms in total. The molecule has 2 heterocycles. The van der Waals surface area contributed by atoms with Gasteiger partial charge in [0.2, 0.25) is 0 Å². The fraction of sp³-hybridized carbons (Fsp3) is 0.417. The minimum absolute atomic E-state index is 0.156. The van der Waals surface area contributed by atoms with Gasteiger partial charge in [0, 0.05) is 17.3 Å². The lowest BCUT2D eigenvalue weighted by Crippen LogP contribution is -2.10. The molecule has 90 valence electrons. The maximum absolute atomic E-state index is 4.45. The number of nitrogens with zero attached hydrogens (tertiary/aromatic N) is 3. The molecule has 0 bridgehead atoms. The zero-order valence-corrected chi connectivity index (χ0v) is 11.3. The Morgan fingerprint density at radius 1 is 1.18 bits per heavy atom. The van der Waals surface area contributed by atoms with Crippen molar-refractivity contribution in [3.05, 3.63) is 33.7 Å². The molecule has 5 heteroatoms. The van der Waals surface area contributed by atoms with E-state index in [2.05, 4.69) is 34.1 Å². The van der Waals surface area contributed by atoms with Gasteiger partial charge in [-0.25, -0.2) is 9.97 Å². The smallest absolute Gasteiger partial charge is 0.148 e. The minimum Gasteiger partial charge on any atom is -0.360 e. The average Bonchev–Trinajstić information content (AvgIpc) is 2.70. The average molecular weight is 248 g/mol. The van der Waals surface area contributed by atoms with Crippen molar-refractivity contribution in [1.29, 1.82) is 0 Å². The van der Waals surface area contributed by atoms with Crippen LogP contribution in [0.3, 0.4) is 0 Å². The highest BCUT2D eigenvalue weighted by Gasteiger charge is 2.11. The van der Waals surface area contributed by atoms with E-state index in [1.54, 1.807) is 17.5 Å². The third kappa shape index (κ3) is 2.79. The zero-order chi connectivity index (χ0) is 12.4. The number of anilines is 1. The number of hydrogen-bond donors (Lipinski definition) is 1. The van der Waals surface area contributed by atoms with Crippen LogP contribution in [0.5, 0.6) is 0 Å². The second-order valence-electron chi connectivity index (χ2n) is 4.12. The summed E-state index contributed by atoms with van der Waals surface area (Å²) in [6.07, 6.45) is 3.67. The van der Waals surface area contributed by atoms with Gasteiger partial charge in [0.05, 0.1) is 17.4 Å². The van der Waals surface area contributed by atoms with Crippen LogP contribution in [0.4, 0.5) is 5.82 Å². The first-order chi connectivity index (χ1) is 8.06. The van der Waals surface area contributed by atoms with Gasteiger partial charge in [-0.1, -0.05) is 0 Å². The van der Waals surface area contributed by atoms with Crippen molar-refractivity contribution >= 4 is 17.2 Å². The van der Waals surface area contributed by atoms with Gasteiger partial charge in [-0.15, -0.1) is 11.3 Å². The first-order valence-corrected chi connectivity index (χ1v) is 6.37. The number of nitrogens with one attached hydrogen (secondary N) is 1. The van der Waals surface area contributed by atoms with Gasteiger partial charge in [-0.05, 0) is 27.7 Å². The predicted molar refractivity (Wildman–Crippen MR) is 70.4 cm³/mol. The molecule has 0 aliphatic rings. The molecule has 17 heavy (non-hydrogen) atoms. The number of aromatic nitrogens is 3. The van der Waals surface area contributed by atoms with Gasteiger partial charge in [0.25, 0.3) is 0 Å². The van der Waals surface area contributed by atoms with Crippen LogP contribution in [0.25, 0.3) is 0 Å². The van der Waals surface area contributed by atoms with E-state index in [0.717, 1.165) is 22.2 Å². The summed E-state index contributed by atoms with van der Waals surface area (Å²) in [4.78, 5) is 14.3. The van der Waals surface area contributed by atoms with E-state index in [0.29, 0.717) is 0 Å². The predicted octanol–water partition coefficient (Wildman–Crippen LogP) is 3.03. The van der Waals surface area contributed by atoms with Crippen LogP contribution >= 0.6 is 11.3 Å². The van der Waals surface area contributed by atoms with Crippen molar-refractivity contribution in [3.63, 3.8) is 0 Å². The standard InChI is InChI=1S/C12H16N4S/c1-7-5-13-9(3)11(15-7)16-10(4)12-14-6-8(2)17-12/h5-6,10H,1-4H3,(H,15,16). The number of aryl methyl sites for hydroxylation is 3. The lowest BCUT2D eigenvalue weighted by molar-refractivity contribution is 0.850. The summed E-state index contributed by atoms with van der Waals surface area (Å²) in [5, 5.41) is 4.43. The molecule has 0 aromatic carbocycles. The molecular formula is C12H16N4S. The fourth-order valence-corrected chi connectivity index (χ4v) is 2.29. The quantitative estimate of drug-likeness (QED) is 0.907. The zero-order valence-electron chi connectivity index (χ0n) is 10.5. The normalized spacial score (nSPS) is 12.5. The maximum atomic E-state index is 4.45. The SMILES string of the molecule is Cc1cnc(C)c(NC(C)c2ncc(C)s2)n1. The van der Waals surface area contributed by atoms with Crippen LogP contribution in [-0.4, -0.2) is 15.0 Å². The third-order valence-electron chi connectivity index (χ3n) is 2.44. The Kier molecular flexibility index (Phi) is 3.38. The van der Waals surface area contributed by atoms with E-state index >= 15 is 0 Å². The van der Waals surface area contributed by atoms with Crippen molar-refractivity contribution < 1.29 is 0 Å². The molecule has 1 atom stereocenters. The molecule has 0 aliphatic heterocycles. The first-order valence-electron chi connectivity index (χ1n) is 5.55. The monoisotopic (exact) mass is 248 g/mol. The van der Waals surface area contributed by atoms with Crippen LogP contribution in [-0.2, 0) is 0 Å². The highest BCUT2D eigenvalue weighted by atomic mass is 32.1. The maximum Gasteiger partial charge on any atom is 0.148 e. The number of hydrogen-bond acceptors (Lipinski definition) is 5. The minimum atomic E-state index is 0.156. The molecule has 2 rings (SSSR count). The molecule has 2 aromatic rings. The Morgan fingerprint density at radius 2 is 1.94 bits per heavy atom. The van der Waals surface area contributed by atoms with Crippen LogP contribution in [0.2, 0.25) is 0 Å². The van der Waals surface area contributed by atoms with E-state index < -0.39 is 0 Å². The molecule has 0 saturated carbocycles. The number of rotatable bonds is 3. The highest BCUT2D eigenvalue weighted by Crippen LogP contribution is 2.23. The molecule has 1 unspecified atom stereocenters. The second-order valence-corrected chi connectivity index (χ2v) is 5.39. The summed E-state index contributed by atoms with van der Waals surface area (Å²) >= 11 is 1.70. The van der Waals surface area contributed by atoms with Gasteiger partial charge in [0.15, 0.2) is 0 Å². The van der Waals surface area contributed by atoms with Crippen LogP contribution in [0.15, 0.2) is 12.4 Å². The Morgan fingerprint density at radius 3 is 2.59 bits per heavy atom. The summed E-state index contributed by atoms with van der Waals surface area (Å²) < 4.78 is 0. The van der Waals surface area contributed by atoms with E-state index in [1.165, 1.54) is 4.88 Å². The van der Waals surface area contributed by atoms with Gasteiger partial charge in [0.1, 0.15) is 10.8 Å². The highest BCUT2D eigenvalue weighted by molar-refractivity contribution is 7.11. The van der Waals surface area contributed by atoms with Crippen LogP contribution in [0.1, 0.15) is 34.2 Å². The molecule has 0 spiro atoms. The summed E-state index contributed by atoms with van der Waals surface area (Å²) in [7, 11) is 0. The largest absolute Gasteiger partial charge is 0.360 e. The Labute approximate surface area is 105 Å². The summed E-state index contributed by atoms with van der Waals surface area (Å²) in [6, 6.07) is 0.156. The van der Waals surface area contributed by atoms with E-state index in [-0.39, 0.29) is 6.04 Å². The fourth-order valence-electron chi connectivity index (χ4n) is 1.51. The van der Waals surface area contributed by atoms with Crippen molar-refractivity contribution in [2.75, 3.05) is 5.32 Å². The molecule has 2 aromatic heterocycles.